The van der Waals surface area contributed by atoms with Gasteiger partial charge < -0.3 is 5.11 Å². The van der Waals surface area contributed by atoms with Crippen molar-refractivity contribution in [2.45, 2.75) is 32.7 Å². The first kappa shape index (κ1) is 15.0. The van der Waals surface area contributed by atoms with Gasteiger partial charge in [0, 0.05) is 11.9 Å². The number of rotatable bonds is 6. The highest BCUT2D eigenvalue weighted by molar-refractivity contribution is 5.66. The third kappa shape index (κ3) is 4.02. The molecule has 0 fully saturated rings. The molecule has 2 aromatic rings. The lowest BCUT2D eigenvalue weighted by molar-refractivity contribution is -0.137. The Hall–Kier alpha value is -2.43. The van der Waals surface area contributed by atoms with E-state index in [4.69, 9.17) is 5.11 Å². The smallest absolute Gasteiger partial charge is 0.323 e. The van der Waals surface area contributed by atoms with Gasteiger partial charge in [0.2, 0.25) is 0 Å². The van der Waals surface area contributed by atoms with Crippen molar-refractivity contribution in [3.05, 3.63) is 63.8 Å². The van der Waals surface area contributed by atoms with Crippen LogP contribution in [0.1, 0.15) is 23.4 Å². The van der Waals surface area contributed by atoms with Crippen LogP contribution in [0.2, 0.25) is 0 Å². The highest BCUT2D eigenvalue weighted by Gasteiger charge is 2.10. The minimum absolute atomic E-state index is 0.300. The van der Waals surface area contributed by atoms with Crippen molar-refractivity contribution in [2.24, 2.45) is 0 Å². The molecule has 5 nitrogen and oxygen atoms in total. The molecule has 0 saturated heterocycles. The summed E-state index contributed by atoms with van der Waals surface area (Å²) in [6.45, 7) is 1.37. The predicted molar refractivity (Wildman–Crippen MR) is 79.3 cm³/mol. The second-order valence-electron chi connectivity index (χ2n) is 4.97. The third-order valence-corrected chi connectivity index (χ3v) is 3.34. The quantitative estimate of drug-likeness (QED) is 0.879. The van der Waals surface area contributed by atoms with E-state index >= 15 is 0 Å². The highest BCUT2D eigenvalue weighted by Crippen LogP contribution is 2.05. The van der Waals surface area contributed by atoms with E-state index in [-0.39, 0.29) is 12.1 Å². The Labute approximate surface area is 122 Å². The number of aliphatic carboxylic acids is 1. The summed E-state index contributed by atoms with van der Waals surface area (Å²) in [5.74, 6) is -1.03. The summed E-state index contributed by atoms with van der Waals surface area (Å²) in [5, 5.41) is 8.85. The first-order valence-corrected chi connectivity index (χ1v) is 6.89. The van der Waals surface area contributed by atoms with Crippen molar-refractivity contribution in [1.82, 2.24) is 9.55 Å². The molecule has 0 radical (unpaired) electrons. The van der Waals surface area contributed by atoms with Crippen LogP contribution in [0.3, 0.4) is 0 Å². The molecule has 2 rings (SSSR count). The second kappa shape index (κ2) is 6.83. The number of benzene rings is 1. The summed E-state index contributed by atoms with van der Waals surface area (Å²) in [7, 11) is 0. The van der Waals surface area contributed by atoms with Gasteiger partial charge >= 0.3 is 5.97 Å². The van der Waals surface area contributed by atoms with E-state index in [9.17, 15) is 9.59 Å². The van der Waals surface area contributed by atoms with Gasteiger partial charge in [0.15, 0.2) is 0 Å². The van der Waals surface area contributed by atoms with Crippen molar-refractivity contribution >= 4 is 5.97 Å². The van der Waals surface area contributed by atoms with Gasteiger partial charge in [-0.1, -0.05) is 30.3 Å². The zero-order valence-electron chi connectivity index (χ0n) is 12.0. The molecule has 0 unspecified atom stereocenters. The molecule has 0 aliphatic rings. The van der Waals surface area contributed by atoms with E-state index in [2.05, 4.69) is 4.98 Å². The van der Waals surface area contributed by atoms with Crippen LogP contribution in [0, 0.1) is 6.92 Å². The van der Waals surface area contributed by atoms with Crippen LogP contribution in [0.25, 0.3) is 0 Å². The fourth-order valence-electron chi connectivity index (χ4n) is 2.22. The normalized spacial score (nSPS) is 10.5. The molecule has 0 amide bonds. The molecule has 1 aromatic heterocycles. The summed E-state index contributed by atoms with van der Waals surface area (Å²) < 4.78 is 1.26. The number of aryl methyl sites for hydroxylation is 3. The lowest BCUT2D eigenvalue weighted by atomic mass is 10.1. The summed E-state index contributed by atoms with van der Waals surface area (Å²) in [4.78, 5) is 27.2. The second-order valence-corrected chi connectivity index (χ2v) is 4.97. The Morgan fingerprint density at radius 3 is 2.62 bits per heavy atom. The number of carboxylic acid groups (broad SMARTS) is 1. The lowest BCUT2D eigenvalue weighted by Gasteiger charge is -2.09. The van der Waals surface area contributed by atoms with Crippen molar-refractivity contribution in [1.29, 1.82) is 0 Å². The molecule has 0 atom stereocenters. The summed E-state index contributed by atoms with van der Waals surface area (Å²) in [5.41, 5.74) is 1.91. The molecule has 0 spiro atoms. The molecular weight excluding hydrogens is 268 g/mol. The van der Waals surface area contributed by atoms with E-state index < -0.39 is 5.97 Å². The monoisotopic (exact) mass is 286 g/mol. The topological polar surface area (TPSA) is 72.2 Å². The summed E-state index contributed by atoms with van der Waals surface area (Å²) >= 11 is 0. The van der Waals surface area contributed by atoms with Crippen LogP contribution < -0.4 is 5.56 Å². The van der Waals surface area contributed by atoms with Crippen LogP contribution in [0.5, 0.6) is 0 Å². The Bertz CT molecular complexity index is 678. The maximum absolute atomic E-state index is 12.2. The minimum Gasteiger partial charge on any atom is -0.480 e. The highest BCUT2D eigenvalue weighted by atomic mass is 16.4. The Balaban J connectivity index is 2.07. The fraction of sp³-hybridized carbons (Fsp3) is 0.312. The van der Waals surface area contributed by atoms with E-state index in [1.165, 1.54) is 10.1 Å². The Kier molecular flexibility index (Phi) is 4.87. The maximum atomic E-state index is 12.2. The minimum atomic E-state index is -1.03. The molecule has 0 aliphatic carbocycles. The number of hydrogen-bond acceptors (Lipinski definition) is 3. The van der Waals surface area contributed by atoms with E-state index in [0.717, 1.165) is 12.8 Å². The first-order chi connectivity index (χ1) is 10.1. The standard InChI is InChI=1S/C16H18N2O3/c1-12-10-17-14(16(21)18(12)11-15(19)20)9-5-8-13-6-3-2-4-7-13/h2-4,6-7,10H,5,8-9,11H2,1H3,(H,19,20). The van der Waals surface area contributed by atoms with Gasteiger partial charge in [-0.25, -0.2) is 0 Å². The molecule has 1 aromatic carbocycles. The van der Waals surface area contributed by atoms with E-state index in [1.54, 1.807) is 13.1 Å². The van der Waals surface area contributed by atoms with Crippen LogP contribution in [-0.2, 0) is 24.2 Å². The van der Waals surface area contributed by atoms with Gasteiger partial charge in [0.05, 0.1) is 0 Å². The third-order valence-electron chi connectivity index (χ3n) is 3.34. The molecule has 0 aliphatic heterocycles. The van der Waals surface area contributed by atoms with Gasteiger partial charge in [0.1, 0.15) is 12.2 Å². The Morgan fingerprint density at radius 1 is 1.24 bits per heavy atom. The van der Waals surface area contributed by atoms with Gasteiger partial charge in [-0.2, -0.15) is 0 Å². The SMILES string of the molecule is Cc1cnc(CCCc2ccccc2)c(=O)n1CC(=O)O. The van der Waals surface area contributed by atoms with Crippen molar-refractivity contribution < 1.29 is 9.90 Å². The Morgan fingerprint density at radius 2 is 1.95 bits per heavy atom. The lowest BCUT2D eigenvalue weighted by Crippen LogP contribution is -2.29. The fourth-order valence-corrected chi connectivity index (χ4v) is 2.22. The molecule has 1 heterocycles. The predicted octanol–water partition coefficient (Wildman–Crippen LogP) is 1.81. The number of carboxylic acids is 1. The number of nitrogens with zero attached hydrogens (tertiary/aromatic N) is 2. The number of carbonyl (C=O) groups is 1. The first-order valence-electron chi connectivity index (χ1n) is 6.89. The molecule has 1 N–H and O–H groups in total. The van der Waals surface area contributed by atoms with Crippen molar-refractivity contribution in [2.75, 3.05) is 0 Å². The van der Waals surface area contributed by atoms with E-state index in [0.29, 0.717) is 17.8 Å². The number of hydrogen-bond donors (Lipinski definition) is 1. The van der Waals surface area contributed by atoms with Gasteiger partial charge in [-0.3, -0.25) is 19.1 Å². The van der Waals surface area contributed by atoms with Crippen LogP contribution in [-0.4, -0.2) is 20.6 Å². The average molecular weight is 286 g/mol. The van der Waals surface area contributed by atoms with Gasteiger partial charge in [-0.15, -0.1) is 0 Å². The molecule has 110 valence electrons. The van der Waals surface area contributed by atoms with E-state index in [1.807, 2.05) is 30.3 Å². The molecule has 0 bridgehead atoms. The molecule has 5 heteroatoms. The van der Waals surface area contributed by atoms with Crippen LogP contribution in [0.4, 0.5) is 0 Å². The summed E-state index contributed by atoms with van der Waals surface area (Å²) in [6.07, 6.45) is 3.78. The van der Waals surface area contributed by atoms with Gasteiger partial charge in [0.25, 0.3) is 5.56 Å². The van der Waals surface area contributed by atoms with Crippen molar-refractivity contribution in [3.8, 4) is 0 Å². The molecule has 0 saturated carbocycles. The zero-order chi connectivity index (χ0) is 15.2. The van der Waals surface area contributed by atoms with Crippen LogP contribution in [0.15, 0.2) is 41.3 Å². The molecule has 21 heavy (non-hydrogen) atoms. The zero-order valence-corrected chi connectivity index (χ0v) is 12.0. The van der Waals surface area contributed by atoms with Gasteiger partial charge in [-0.05, 0) is 31.7 Å². The molecular formula is C16H18N2O3. The maximum Gasteiger partial charge on any atom is 0.323 e. The largest absolute Gasteiger partial charge is 0.480 e. The van der Waals surface area contributed by atoms with Crippen LogP contribution >= 0.6 is 0 Å². The summed E-state index contributed by atoms with van der Waals surface area (Å²) in [6, 6.07) is 10.0. The average Bonchev–Trinajstić information content (AvgIpc) is 2.47. The number of aromatic nitrogens is 2. The van der Waals surface area contributed by atoms with Crippen molar-refractivity contribution in [3.63, 3.8) is 0 Å².